The van der Waals surface area contributed by atoms with Crippen LogP contribution in [0.2, 0.25) is 0 Å². The molecule has 1 saturated heterocycles. The van der Waals surface area contributed by atoms with Gasteiger partial charge in [0.1, 0.15) is 6.10 Å². The predicted octanol–water partition coefficient (Wildman–Crippen LogP) is 1.57. The minimum absolute atomic E-state index is 0.120. The molecular weight excluding hydrogens is 233 g/mol. The van der Waals surface area contributed by atoms with E-state index in [1.54, 1.807) is 3.11 Å². The Morgan fingerprint density at radius 2 is 2.67 bits per heavy atom. The molecule has 1 fully saturated rings. The highest BCUT2D eigenvalue weighted by Gasteiger charge is 2.27. The fourth-order valence-corrected chi connectivity index (χ4v) is 1.26. The van der Waals surface area contributed by atoms with Gasteiger partial charge in [-0.15, -0.1) is 0 Å². The Morgan fingerprint density at radius 1 is 2.00 bits per heavy atom. The number of nitrogens with zero attached hydrogens (tertiary/aromatic N) is 1. The van der Waals surface area contributed by atoms with Crippen molar-refractivity contribution in [2.75, 3.05) is 6.54 Å². The quantitative estimate of drug-likeness (QED) is 0.515. The monoisotopic (exact) mass is 241 g/mol. The lowest BCUT2D eigenvalue weighted by Gasteiger charge is -1.99. The van der Waals surface area contributed by atoms with Crippen molar-refractivity contribution in [2.45, 2.75) is 19.4 Å². The molecule has 1 aliphatic heterocycles. The maximum Gasteiger partial charge on any atom is 0.419 e. The molecule has 1 amide bonds. The third-order valence-electron chi connectivity index (χ3n) is 1.28. The Morgan fingerprint density at radius 3 is 2.89 bits per heavy atom. The SMILES string of the molecule is CCC1CN(I)C(=O)O1. The Bertz CT molecular complexity index is 128. The smallest absolute Gasteiger partial charge is 0.419 e. The van der Waals surface area contributed by atoms with Gasteiger partial charge in [-0.05, 0) is 6.42 Å². The second-order valence-electron chi connectivity index (χ2n) is 1.96. The van der Waals surface area contributed by atoms with Crippen molar-refractivity contribution in [3.05, 3.63) is 0 Å². The predicted molar refractivity (Wildman–Crippen MR) is 41.3 cm³/mol. The molecule has 0 aromatic carbocycles. The largest absolute Gasteiger partial charge is 0.444 e. The fraction of sp³-hybridized carbons (Fsp3) is 0.800. The first kappa shape index (κ1) is 7.11. The van der Waals surface area contributed by atoms with Gasteiger partial charge in [-0.25, -0.2) is 7.91 Å². The molecule has 52 valence electrons. The van der Waals surface area contributed by atoms with Crippen molar-refractivity contribution in [3.63, 3.8) is 0 Å². The Hall–Kier alpha value is 0. The molecule has 0 aromatic heterocycles. The molecule has 0 N–H and O–H groups in total. The molecule has 0 bridgehead atoms. The maximum atomic E-state index is 10.6. The molecule has 1 atom stereocenters. The highest BCUT2D eigenvalue weighted by molar-refractivity contribution is 14.1. The minimum atomic E-state index is -0.206. The topological polar surface area (TPSA) is 29.5 Å². The second kappa shape index (κ2) is 2.72. The summed E-state index contributed by atoms with van der Waals surface area (Å²) in [6.45, 7) is 2.74. The van der Waals surface area contributed by atoms with Crippen LogP contribution < -0.4 is 0 Å². The number of ether oxygens (including phenoxy) is 1. The number of carbonyl (C=O) groups excluding carboxylic acids is 1. The lowest BCUT2D eigenvalue weighted by Crippen LogP contribution is -2.11. The summed E-state index contributed by atoms with van der Waals surface area (Å²) in [6, 6.07) is 0. The molecule has 0 aliphatic carbocycles. The second-order valence-corrected chi connectivity index (χ2v) is 3.12. The molecule has 1 aliphatic rings. The van der Waals surface area contributed by atoms with E-state index in [0.717, 1.165) is 13.0 Å². The van der Waals surface area contributed by atoms with E-state index in [0.29, 0.717) is 0 Å². The van der Waals surface area contributed by atoms with Crippen LogP contribution in [0.25, 0.3) is 0 Å². The van der Waals surface area contributed by atoms with Gasteiger partial charge in [0.05, 0.1) is 29.4 Å². The van der Waals surface area contributed by atoms with E-state index in [1.165, 1.54) is 0 Å². The van der Waals surface area contributed by atoms with Crippen LogP contribution >= 0.6 is 22.9 Å². The van der Waals surface area contributed by atoms with Gasteiger partial charge >= 0.3 is 6.09 Å². The van der Waals surface area contributed by atoms with Crippen LogP contribution in [-0.2, 0) is 4.74 Å². The molecule has 3 nitrogen and oxygen atoms in total. The number of amides is 1. The summed E-state index contributed by atoms with van der Waals surface area (Å²) in [5.74, 6) is 0. The normalized spacial score (nSPS) is 26.7. The Labute approximate surface area is 67.8 Å². The van der Waals surface area contributed by atoms with Gasteiger partial charge in [0.15, 0.2) is 0 Å². The zero-order chi connectivity index (χ0) is 6.85. The lowest BCUT2D eigenvalue weighted by atomic mass is 10.3. The van der Waals surface area contributed by atoms with Gasteiger partial charge in [0.2, 0.25) is 0 Å². The van der Waals surface area contributed by atoms with E-state index in [2.05, 4.69) is 0 Å². The van der Waals surface area contributed by atoms with Gasteiger partial charge in [-0.3, -0.25) is 0 Å². The molecule has 0 radical (unpaired) electrons. The first-order chi connectivity index (χ1) is 4.24. The Kier molecular flexibility index (Phi) is 2.15. The molecule has 1 unspecified atom stereocenters. The molecule has 1 heterocycles. The molecule has 4 heteroatoms. The highest BCUT2D eigenvalue weighted by Crippen LogP contribution is 2.16. The number of halogens is 1. The standard InChI is InChI=1S/C5H8INO2/c1-2-4-3-7(6)5(8)9-4/h4H,2-3H2,1H3. The van der Waals surface area contributed by atoms with Crippen molar-refractivity contribution in [2.24, 2.45) is 0 Å². The molecular formula is C5H8INO2. The average molecular weight is 241 g/mol. The van der Waals surface area contributed by atoms with Gasteiger partial charge < -0.3 is 4.74 Å². The van der Waals surface area contributed by atoms with Crippen molar-refractivity contribution in [1.82, 2.24) is 3.11 Å². The first-order valence-corrected chi connectivity index (χ1v) is 3.84. The maximum absolute atomic E-state index is 10.6. The van der Waals surface area contributed by atoms with E-state index >= 15 is 0 Å². The summed E-state index contributed by atoms with van der Waals surface area (Å²) in [5, 5.41) is 0. The van der Waals surface area contributed by atoms with Crippen LogP contribution in [0.5, 0.6) is 0 Å². The summed E-state index contributed by atoms with van der Waals surface area (Å²) in [5.41, 5.74) is 0. The van der Waals surface area contributed by atoms with Crippen LogP contribution in [0, 0.1) is 0 Å². The van der Waals surface area contributed by atoms with Crippen molar-refractivity contribution < 1.29 is 9.53 Å². The lowest BCUT2D eigenvalue weighted by molar-refractivity contribution is 0.136. The van der Waals surface area contributed by atoms with Crippen LogP contribution in [-0.4, -0.2) is 21.9 Å². The average Bonchev–Trinajstić information content (AvgIpc) is 2.13. The van der Waals surface area contributed by atoms with Gasteiger partial charge in [0.25, 0.3) is 0 Å². The van der Waals surface area contributed by atoms with E-state index in [9.17, 15) is 4.79 Å². The number of cyclic esters (lactones) is 1. The summed E-state index contributed by atoms with van der Waals surface area (Å²) >= 11 is 1.96. The number of hydrogen-bond acceptors (Lipinski definition) is 2. The zero-order valence-corrected chi connectivity index (χ0v) is 7.29. The number of hydrogen-bond donors (Lipinski definition) is 0. The zero-order valence-electron chi connectivity index (χ0n) is 5.13. The van der Waals surface area contributed by atoms with E-state index < -0.39 is 0 Å². The number of rotatable bonds is 1. The van der Waals surface area contributed by atoms with Gasteiger partial charge in [-0.1, -0.05) is 6.92 Å². The summed E-state index contributed by atoms with van der Waals surface area (Å²) in [4.78, 5) is 10.6. The first-order valence-electron chi connectivity index (χ1n) is 2.88. The van der Waals surface area contributed by atoms with Crippen LogP contribution in [0.3, 0.4) is 0 Å². The van der Waals surface area contributed by atoms with E-state index in [-0.39, 0.29) is 12.2 Å². The summed E-state index contributed by atoms with van der Waals surface area (Å²) < 4.78 is 6.46. The van der Waals surface area contributed by atoms with Crippen molar-refractivity contribution in [3.8, 4) is 0 Å². The summed E-state index contributed by atoms with van der Waals surface area (Å²) in [6.07, 6.45) is 0.822. The minimum Gasteiger partial charge on any atom is -0.444 e. The van der Waals surface area contributed by atoms with Crippen LogP contribution in [0.1, 0.15) is 13.3 Å². The molecule has 0 aromatic rings. The third kappa shape index (κ3) is 1.47. The molecule has 0 spiro atoms. The highest BCUT2D eigenvalue weighted by atomic mass is 127. The third-order valence-corrected chi connectivity index (χ3v) is 2.07. The van der Waals surface area contributed by atoms with Crippen LogP contribution in [0.15, 0.2) is 0 Å². The molecule has 0 saturated carbocycles. The van der Waals surface area contributed by atoms with E-state index in [4.69, 9.17) is 4.74 Å². The van der Waals surface area contributed by atoms with E-state index in [1.807, 2.05) is 29.8 Å². The molecule has 1 rings (SSSR count). The van der Waals surface area contributed by atoms with Crippen molar-refractivity contribution >= 4 is 29.0 Å². The van der Waals surface area contributed by atoms with Crippen molar-refractivity contribution in [1.29, 1.82) is 0 Å². The molecule has 9 heavy (non-hydrogen) atoms. The summed E-state index contributed by atoms with van der Waals surface area (Å²) in [7, 11) is 0. The Balaban J connectivity index is 2.44. The fourth-order valence-electron chi connectivity index (χ4n) is 0.703. The van der Waals surface area contributed by atoms with Crippen LogP contribution in [0.4, 0.5) is 4.79 Å². The van der Waals surface area contributed by atoms with Gasteiger partial charge in [0, 0.05) is 0 Å². The van der Waals surface area contributed by atoms with Gasteiger partial charge in [-0.2, -0.15) is 0 Å². The number of carbonyl (C=O) groups is 1.